The predicted octanol–water partition coefficient (Wildman–Crippen LogP) is 3.61. The van der Waals surface area contributed by atoms with Crippen molar-refractivity contribution in [3.8, 4) is 5.75 Å². The summed E-state index contributed by atoms with van der Waals surface area (Å²) in [5.74, 6) is 0.941. The number of hydrogen-bond acceptors (Lipinski definition) is 4. The molecule has 2 fully saturated rings. The number of carbonyl (C=O) groups is 2. The lowest BCUT2D eigenvalue weighted by Crippen LogP contribution is -2.43. The minimum atomic E-state index is -0.0245. The Morgan fingerprint density at radius 2 is 1.59 bits per heavy atom. The highest BCUT2D eigenvalue weighted by Crippen LogP contribution is 2.21. The molecule has 2 aliphatic rings. The van der Waals surface area contributed by atoms with Gasteiger partial charge in [0.1, 0.15) is 5.75 Å². The monoisotopic (exact) mass is 435 g/mol. The quantitative estimate of drug-likeness (QED) is 0.688. The van der Waals surface area contributed by atoms with Crippen molar-refractivity contribution in [2.45, 2.75) is 38.6 Å². The Balaban J connectivity index is 1.14. The van der Waals surface area contributed by atoms with Crippen molar-refractivity contribution in [3.63, 3.8) is 0 Å². The number of benzene rings is 2. The first kappa shape index (κ1) is 22.2. The number of para-hydroxylation sites is 1. The van der Waals surface area contributed by atoms with Crippen LogP contribution in [0.3, 0.4) is 0 Å². The van der Waals surface area contributed by atoms with Crippen LogP contribution >= 0.6 is 0 Å². The standard InChI is InChI=1S/C26H33N3O3/c30-25(14-19-32-24-6-2-1-3-7-24)29-17-12-22(13-18-29)26(31)27-20-21-8-10-23(11-9-21)28-15-4-5-16-28/h1-3,6-11,22H,4-5,12-20H2,(H,27,31). The summed E-state index contributed by atoms with van der Waals surface area (Å²) < 4.78 is 5.62. The smallest absolute Gasteiger partial charge is 0.225 e. The number of carbonyl (C=O) groups excluding carboxylic acids is 2. The van der Waals surface area contributed by atoms with Gasteiger partial charge < -0.3 is 19.9 Å². The molecule has 0 saturated carbocycles. The highest BCUT2D eigenvalue weighted by molar-refractivity contribution is 5.80. The fourth-order valence-corrected chi connectivity index (χ4v) is 4.46. The van der Waals surface area contributed by atoms with Crippen molar-refractivity contribution in [2.75, 3.05) is 37.7 Å². The van der Waals surface area contributed by atoms with Gasteiger partial charge in [-0.25, -0.2) is 0 Å². The first-order chi connectivity index (χ1) is 15.7. The lowest BCUT2D eigenvalue weighted by atomic mass is 9.95. The minimum absolute atomic E-state index is 0.0245. The Kier molecular flexibility index (Phi) is 7.64. The summed E-state index contributed by atoms with van der Waals surface area (Å²) in [6, 6.07) is 18.0. The molecule has 2 aliphatic heterocycles. The van der Waals surface area contributed by atoms with Crippen molar-refractivity contribution >= 4 is 17.5 Å². The van der Waals surface area contributed by atoms with E-state index >= 15 is 0 Å². The van der Waals surface area contributed by atoms with E-state index in [-0.39, 0.29) is 17.7 Å². The molecule has 4 rings (SSSR count). The van der Waals surface area contributed by atoms with Gasteiger partial charge in [0.25, 0.3) is 0 Å². The molecule has 170 valence electrons. The third-order valence-corrected chi connectivity index (χ3v) is 6.42. The molecule has 0 spiro atoms. The average molecular weight is 436 g/mol. The van der Waals surface area contributed by atoms with Crippen molar-refractivity contribution in [1.29, 1.82) is 0 Å². The van der Waals surface area contributed by atoms with Crippen LogP contribution in [0.2, 0.25) is 0 Å². The van der Waals surface area contributed by atoms with Gasteiger partial charge in [-0.1, -0.05) is 30.3 Å². The van der Waals surface area contributed by atoms with Gasteiger partial charge in [-0.2, -0.15) is 0 Å². The van der Waals surface area contributed by atoms with Gasteiger partial charge in [0, 0.05) is 44.3 Å². The number of nitrogens with zero attached hydrogens (tertiary/aromatic N) is 2. The SMILES string of the molecule is O=C(NCc1ccc(N2CCCC2)cc1)C1CCN(C(=O)CCOc2ccccc2)CC1. The van der Waals surface area contributed by atoms with Crippen LogP contribution in [0, 0.1) is 5.92 Å². The van der Waals surface area contributed by atoms with Crippen LogP contribution < -0.4 is 15.0 Å². The van der Waals surface area contributed by atoms with E-state index in [1.807, 2.05) is 35.2 Å². The van der Waals surface area contributed by atoms with Gasteiger partial charge in [-0.05, 0) is 55.5 Å². The van der Waals surface area contributed by atoms with Crippen molar-refractivity contribution in [3.05, 3.63) is 60.2 Å². The first-order valence-electron chi connectivity index (χ1n) is 11.8. The predicted molar refractivity (Wildman–Crippen MR) is 126 cm³/mol. The fourth-order valence-electron chi connectivity index (χ4n) is 4.46. The molecule has 32 heavy (non-hydrogen) atoms. The van der Waals surface area contributed by atoms with E-state index in [9.17, 15) is 9.59 Å². The Morgan fingerprint density at radius 3 is 2.28 bits per heavy atom. The summed E-state index contributed by atoms with van der Waals surface area (Å²) in [6.07, 6.45) is 4.32. The topological polar surface area (TPSA) is 61.9 Å². The number of rotatable bonds is 8. The molecular formula is C26H33N3O3. The Hall–Kier alpha value is -3.02. The molecule has 0 bridgehead atoms. The summed E-state index contributed by atoms with van der Waals surface area (Å²) in [4.78, 5) is 29.3. The van der Waals surface area contributed by atoms with E-state index in [4.69, 9.17) is 4.74 Å². The van der Waals surface area contributed by atoms with Crippen LogP contribution in [0.4, 0.5) is 5.69 Å². The normalized spacial score (nSPS) is 16.8. The molecule has 0 unspecified atom stereocenters. The van der Waals surface area contributed by atoms with Gasteiger partial charge in [-0.3, -0.25) is 9.59 Å². The number of piperidine rings is 1. The minimum Gasteiger partial charge on any atom is -0.493 e. The molecule has 0 aromatic heterocycles. The van der Waals surface area contributed by atoms with Gasteiger partial charge in [0.2, 0.25) is 11.8 Å². The zero-order chi connectivity index (χ0) is 22.2. The lowest BCUT2D eigenvalue weighted by Gasteiger charge is -2.31. The maximum Gasteiger partial charge on any atom is 0.225 e. The third-order valence-electron chi connectivity index (χ3n) is 6.42. The van der Waals surface area contributed by atoms with Crippen LogP contribution in [0.15, 0.2) is 54.6 Å². The molecule has 0 aliphatic carbocycles. The average Bonchev–Trinajstić information content (AvgIpc) is 3.39. The van der Waals surface area contributed by atoms with E-state index in [0.717, 1.165) is 24.4 Å². The van der Waals surface area contributed by atoms with Crippen LogP contribution in [0.5, 0.6) is 5.75 Å². The molecule has 2 aromatic carbocycles. The number of nitrogens with one attached hydrogen (secondary N) is 1. The third kappa shape index (κ3) is 6.02. The van der Waals surface area contributed by atoms with Crippen molar-refractivity contribution < 1.29 is 14.3 Å². The van der Waals surface area contributed by atoms with E-state index in [2.05, 4.69) is 34.5 Å². The van der Waals surface area contributed by atoms with Crippen LogP contribution in [-0.2, 0) is 16.1 Å². The number of ether oxygens (including phenoxy) is 1. The van der Waals surface area contributed by atoms with Gasteiger partial charge in [0.05, 0.1) is 13.0 Å². The summed E-state index contributed by atoms with van der Waals surface area (Å²) in [5, 5.41) is 3.08. The molecule has 2 saturated heterocycles. The van der Waals surface area contributed by atoms with Crippen molar-refractivity contribution in [2.24, 2.45) is 5.92 Å². The molecule has 6 heteroatoms. The van der Waals surface area contributed by atoms with Crippen LogP contribution in [-0.4, -0.2) is 49.5 Å². The highest BCUT2D eigenvalue weighted by atomic mass is 16.5. The van der Waals surface area contributed by atoms with Crippen LogP contribution in [0.25, 0.3) is 0 Å². The van der Waals surface area contributed by atoms with Gasteiger partial charge in [0.15, 0.2) is 0 Å². The zero-order valence-electron chi connectivity index (χ0n) is 18.7. The zero-order valence-corrected chi connectivity index (χ0v) is 18.7. The number of anilines is 1. The fraction of sp³-hybridized carbons (Fsp3) is 0.462. The van der Waals surface area contributed by atoms with E-state index in [1.54, 1.807) is 0 Å². The summed E-state index contributed by atoms with van der Waals surface area (Å²) in [6.45, 7) is 4.46. The maximum absolute atomic E-state index is 12.6. The molecule has 2 amide bonds. The molecule has 2 aromatic rings. The maximum atomic E-state index is 12.6. The second-order valence-electron chi connectivity index (χ2n) is 8.64. The largest absolute Gasteiger partial charge is 0.493 e. The van der Waals surface area contributed by atoms with Crippen molar-refractivity contribution in [1.82, 2.24) is 10.2 Å². The number of amides is 2. The van der Waals surface area contributed by atoms with E-state index in [0.29, 0.717) is 45.5 Å². The molecular weight excluding hydrogens is 402 g/mol. The van der Waals surface area contributed by atoms with E-state index < -0.39 is 0 Å². The number of likely N-dealkylation sites (tertiary alicyclic amines) is 1. The van der Waals surface area contributed by atoms with E-state index in [1.165, 1.54) is 18.5 Å². The second kappa shape index (κ2) is 11.0. The Bertz CT molecular complexity index is 871. The molecule has 0 atom stereocenters. The lowest BCUT2D eigenvalue weighted by molar-refractivity contribution is -0.136. The van der Waals surface area contributed by atoms with Gasteiger partial charge in [-0.15, -0.1) is 0 Å². The van der Waals surface area contributed by atoms with Gasteiger partial charge >= 0.3 is 0 Å². The molecule has 1 N–H and O–H groups in total. The molecule has 0 radical (unpaired) electrons. The Morgan fingerprint density at radius 1 is 0.906 bits per heavy atom. The summed E-state index contributed by atoms with van der Waals surface area (Å²) in [7, 11) is 0. The number of hydrogen-bond donors (Lipinski definition) is 1. The summed E-state index contributed by atoms with van der Waals surface area (Å²) >= 11 is 0. The Labute approximate surface area is 190 Å². The molecule has 6 nitrogen and oxygen atoms in total. The van der Waals surface area contributed by atoms with Crippen LogP contribution in [0.1, 0.15) is 37.7 Å². The first-order valence-corrected chi connectivity index (χ1v) is 11.8. The second-order valence-corrected chi connectivity index (χ2v) is 8.64. The molecule has 2 heterocycles. The summed E-state index contributed by atoms with van der Waals surface area (Å²) in [5.41, 5.74) is 2.39. The highest BCUT2D eigenvalue weighted by Gasteiger charge is 2.27.